The van der Waals surface area contributed by atoms with E-state index in [1.807, 2.05) is 0 Å². The first-order chi connectivity index (χ1) is 19.4. The van der Waals surface area contributed by atoms with E-state index in [9.17, 15) is 0 Å². The Labute approximate surface area is 244 Å². The van der Waals surface area contributed by atoms with Gasteiger partial charge in [0.05, 0.1) is 0 Å². The summed E-state index contributed by atoms with van der Waals surface area (Å²) < 4.78 is 0. The zero-order valence-electron chi connectivity index (χ0n) is 25.6. The summed E-state index contributed by atoms with van der Waals surface area (Å²) in [6.45, 7) is 14.2. The van der Waals surface area contributed by atoms with Gasteiger partial charge in [-0.1, -0.05) is 0 Å². The Kier molecular flexibility index (Phi) is 8.97. The van der Waals surface area contributed by atoms with E-state index in [1.54, 1.807) is 15.9 Å². The standard InChI is InChI=1S/C39H49P/c1-28(2)31-26-36(29(3)4)39(37(27-31)30(5)6)35-24-16-17-25-38(35)40(32-18-10-7-11-19-32,33-20-12-8-13-21-33)34-22-14-9-15-23-34/h7-8,10-13,16-21,24-30,34,40H,9,14-15,22-23H2,1-6H3. The number of rotatable bonds is 8. The predicted octanol–water partition coefficient (Wildman–Crippen LogP) is 10.1. The number of hydrogen-bond donors (Lipinski definition) is 0. The summed E-state index contributed by atoms with van der Waals surface area (Å²) in [7, 11) is -2.40. The van der Waals surface area contributed by atoms with E-state index in [1.165, 1.54) is 59.9 Å². The molecule has 0 aliphatic heterocycles. The third-order valence-corrected chi connectivity index (χ3v) is 15.0. The van der Waals surface area contributed by atoms with Crippen molar-refractivity contribution < 1.29 is 0 Å². The fourth-order valence-electron chi connectivity index (χ4n) is 7.42. The molecule has 1 saturated carbocycles. The van der Waals surface area contributed by atoms with Crippen molar-refractivity contribution in [3.05, 3.63) is 114 Å². The van der Waals surface area contributed by atoms with Crippen molar-refractivity contribution in [1.29, 1.82) is 0 Å². The number of hydrogen-bond acceptors (Lipinski definition) is 0. The molecule has 0 radical (unpaired) electrons. The molecule has 1 fully saturated rings. The molecule has 210 valence electrons. The van der Waals surface area contributed by atoms with Crippen LogP contribution in [0.4, 0.5) is 0 Å². The summed E-state index contributed by atoms with van der Waals surface area (Å²) in [5, 5.41) is 4.74. The van der Waals surface area contributed by atoms with Gasteiger partial charge in [-0.3, -0.25) is 0 Å². The molecule has 0 nitrogen and oxygen atoms in total. The summed E-state index contributed by atoms with van der Waals surface area (Å²) >= 11 is 0. The molecule has 0 saturated heterocycles. The predicted molar refractivity (Wildman–Crippen MR) is 181 cm³/mol. The molecule has 1 aliphatic carbocycles. The molecular weight excluding hydrogens is 499 g/mol. The van der Waals surface area contributed by atoms with Crippen LogP contribution in [0, 0.1) is 0 Å². The fraction of sp³-hybridized carbons (Fsp3) is 0.385. The molecular formula is C39H49P. The molecule has 40 heavy (non-hydrogen) atoms. The molecule has 0 aromatic heterocycles. The van der Waals surface area contributed by atoms with Gasteiger partial charge < -0.3 is 0 Å². The van der Waals surface area contributed by atoms with Gasteiger partial charge in [-0.25, -0.2) is 0 Å². The van der Waals surface area contributed by atoms with Crippen LogP contribution in [-0.2, 0) is 0 Å². The third-order valence-electron chi connectivity index (χ3n) is 9.43. The zero-order chi connectivity index (χ0) is 28.3. The second-order valence-corrected chi connectivity index (χ2v) is 17.1. The van der Waals surface area contributed by atoms with Gasteiger partial charge in [0.25, 0.3) is 0 Å². The average Bonchev–Trinajstić information content (AvgIpc) is 2.99. The van der Waals surface area contributed by atoms with Gasteiger partial charge in [0.15, 0.2) is 0 Å². The Morgan fingerprint density at radius 1 is 0.550 bits per heavy atom. The Balaban J connectivity index is 1.92. The summed E-state index contributed by atoms with van der Waals surface area (Å²) in [5.74, 6) is 1.43. The molecule has 0 unspecified atom stereocenters. The van der Waals surface area contributed by atoms with E-state index >= 15 is 0 Å². The van der Waals surface area contributed by atoms with Gasteiger partial charge in [-0.05, 0) is 0 Å². The molecule has 0 atom stereocenters. The molecule has 0 heterocycles. The van der Waals surface area contributed by atoms with Crippen LogP contribution in [0.25, 0.3) is 11.1 Å². The van der Waals surface area contributed by atoms with Crippen molar-refractivity contribution >= 4 is 23.2 Å². The Morgan fingerprint density at radius 2 is 1.02 bits per heavy atom. The molecule has 0 spiro atoms. The van der Waals surface area contributed by atoms with Crippen molar-refractivity contribution in [3.63, 3.8) is 0 Å². The van der Waals surface area contributed by atoms with Crippen LogP contribution in [0.3, 0.4) is 0 Å². The SMILES string of the molecule is CC(C)c1cc(C(C)C)c(-c2ccccc2[PH](c2ccccc2)(c2ccccc2)C2CCCCC2)c(C(C)C)c1. The monoisotopic (exact) mass is 548 g/mol. The maximum atomic E-state index is 2.53. The van der Waals surface area contributed by atoms with Crippen LogP contribution in [-0.4, -0.2) is 5.66 Å². The van der Waals surface area contributed by atoms with Gasteiger partial charge in [0, 0.05) is 0 Å². The van der Waals surface area contributed by atoms with E-state index in [2.05, 4.69) is 139 Å². The van der Waals surface area contributed by atoms with Gasteiger partial charge in [0.2, 0.25) is 0 Å². The Morgan fingerprint density at radius 3 is 1.50 bits per heavy atom. The van der Waals surface area contributed by atoms with Crippen molar-refractivity contribution in [2.75, 3.05) is 0 Å². The van der Waals surface area contributed by atoms with Crippen LogP contribution >= 0.6 is 7.26 Å². The quantitative estimate of drug-likeness (QED) is 0.192. The van der Waals surface area contributed by atoms with Crippen LogP contribution in [0.15, 0.2) is 97.1 Å². The second-order valence-electron chi connectivity index (χ2n) is 13.0. The fourth-order valence-corrected chi connectivity index (χ4v) is 13.5. The van der Waals surface area contributed by atoms with Gasteiger partial charge in [-0.15, -0.1) is 0 Å². The maximum absolute atomic E-state index is 2.53. The minimum absolute atomic E-state index is 0.457. The van der Waals surface area contributed by atoms with Gasteiger partial charge in [-0.2, -0.15) is 0 Å². The van der Waals surface area contributed by atoms with E-state index in [0.717, 1.165) is 0 Å². The first-order valence-electron chi connectivity index (χ1n) is 15.7. The molecule has 1 heteroatoms. The van der Waals surface area contributed by atoms with E-state index in [4.69, 9.17) is 0 Å². The first-order valence-corrected chi connectivity index (χ1v) is 17.8. The molecule has 5 rings (SSSR count). The Hall–Kier alpha value is -2.69. The van der Waals surface area contributed by atoms with Crippen LogP contribution in [0.5, 0.6) is 0 Å². The minimum atomic E-state index is -2.40. The van der Waals surface area contributed by atoms with E-state index in [-0.39, 0.29) is 0 Å². The summed E-state index contributed by atoms with van der Waals surface area (Å²) in [4.78, 5) is 0. The first kappa shape index (κ1) is 28.8. The summed E-state index contributed by atoms with van der Waals surface area (Å²) in [5.41, 5.74) is 8.16. The van der Waals surface area contributed by atoms with E-state index in [0.29, 0.717) is 23.4 Å². The van der Waals surface area contributed by atoms with Crippen LogP contribution in [0.2, 0.25) is 0 Å². The molecule has 0 amide bonds. The molecule has 1 aliphatic rings. The Bertz CT molecular complexity index is 1320. The van der Waals surface area contributed by atoms with Gasteiger partial charge in [0.1, 0.15) is 0 Å². The average molecular weight is 549 g/mol. The third kappa shape index (κ3) is 5.33. The molecule has 0 bridgehead atoms. The number of benzene rings is 4. The zero-order valence-corrected chi connectivity index (χ0v) is 26.6. The molecule has 4 aromatic carbocycles. The summed E-state index contributed by atoms with van der Waals surface area (Å²) in [6, 6.07) is 38.0. The van der Waals surface area contributed by atoms with Crippen molar-refractivity contribution in [3.8, 4) is 11.1 Å². The molecule has 4 aromatic rings. The van der Waals surface area contributed by atoms with Crippen molar-refractivity contribution in [2.24, 2.45) is 0 Å². The second kappa shape index (κ2) is 12.4. The molecule has 0 N–H and O–H groups in total. The van der Waals surface area contributed by atoms with Crippen LogP contribution in [0.1, 0.15) is 108 Å². The van der Waals surface area contributed by atoms with Gasteiger partial charge >= 0.3 is 245 Å². The van der Waals surface area contributed by atoms with E-state index < -0.39 is 7.26 Å². The van der Waals surface area contributed by atoms with Crippen molar-refractivity contribution in [2.45, 2.75) is 97.1 Å². The normalized spacial score (nSPS) is 15.2. The van der Waals surface area contributed by atoms with Crippen molar-refractivity contribution in [1.82, 2.24) is 0 Å². The van der Waals surface area contributed by atoms with Crippen LogP contribution < -0.4 is 15.9 Å². The summed E-state index contributed by atoms with van der Waals surface area (Å²) in [6.07, 6.45) is 6.71. The topological polar surface area (TPSA) is 0 Å².